The fraction of sp³-hybridized carbons (Fsp3) is 0.571. The highest BCUT2D eigenvalue weighted by Crippen LogP contribution is 2.29. The number of nitrogens with zero attached hydrogens (tertiary/aromatic N) is 2. The molecule has 1 aromatic carbocycles. The molecule has 8 heteroatoms. The van der Waals surface area contributed by atoms with Crippen LogP contribution >= 0.6 is 11.8 Å². The lowest BCUT2D eigenvalue weighted by Gasteiger charge is -2.35. The van der Waals surface area contributed by atoms with E-state index in [1.807, 2.05) is 41.5 Å². The Morgan fingerprint density at radius 1 is 1.07 bits per heavy atom. The van der Waals surface area contributed by atoms with Crippen molar-refractivity contribution in [1.29, 1.82) is 0 Å². The van der Waals surface area contributed by atoms with E-state index in [4.69, 9.17) is 4.74 Å². The molecule has 0 aliphatic carbocycles. The van der Waals surface area contributed by atoms with Gasteiger partial charge in [0.25, 0.3) is 0 Å². The van der Waals surface area contributed by atoms with Gasteiger partial charge in [-0.05, 0) is 52.7 Å². The number of rotatable bonds is 2. The van der Waals surface area contributed by atoms with Crippen LogP contribution in [0.3, 0.4) is 0 Å². The van der Waals surface area contributed by atoms with Crippen molar-refractivity contribution in [2.24, 2.45) is 4.99 Å². The zero-order valence-corrected chi connectivity index (χ0v) is 18.7. The minimum Gasteiger partial charge on any atom is -0.372 e. The van der Waals surface area contributed by atoms with Gasteiger partial charge in [0.1, 0.15) is 5.25 Å². The first-order valence-corrected chi connectivity index (χ1v) is 10.9. The van der Waals surface area contributed by atoms with Crippen molar-refractivity contribution in [2.75, 3.05) is 18.4 Å². The molecule has 0 saturated carbocycles. The zero-order chi connectivity index (χ0) is 21.3. The van der Waals surface area contributed by atoms with Crippen LogP contribution in [0.15, 0.2) is 17.1 Å². The first-order valence-electron chi connectivity index (χ1n) is 9.98. The fourth-order valence-corrected chi connectivity index (χ4v) is 4.96. The van der Waals surface area contributed by atoms with Crippen LogP contribution in [0.4, 0.5) is 10.5 Å². The predicted octanol–water partition coefficient (Wildman–Crippen LogP) is 3.23. The largest absolute Gasteiger partial charge is 0.372 e. The zero-order valence-electron chi connectivity index (χ0n) is 17.9. The van der Waals surface area contributed by atoms with Crippen LogP contribution < -0.4 is 10.6 Å². The van der Waals surface area contributed by atoms with Gasteiger partial charge in [0, 0.05) is 18.8 Å². The Balaban J connectivity index is 1.61. The molecule has 0 spiro atoms. The Labute approximate surface area is 176 Å². The summed E-state index contributed by atoms with van der Waals surface area (Å²) in [5.41, 5.74) is 4.09. The second-order valence-electron chi connectivity index (χ2n) is 8.07. The predicted molar refractivity (Wildman–Crippen MR) is 118 cm³/mol. The van der Waals surface area contributed by atoms with Crippen molar-refractivity contribution in [3.05, 3.63) is 28.8 Å². The summed E-state index contributed by atoms with van der Waals surface area (Å²) in [7, 11) is 0. The molecule has 4 atom stereocenters. The van der Waals surface area contributed by atoms with Crippen molar-refractivity contribution < 1.29 is 14.3 Å². The Kier molecular flexibility index (Phi) is 6.53. The fourth-order valence-electron chi connectivity index (χ4n) is 3.92. The van der Waals surface area contributed by atoms with Crippen LogP contribution in [0.1, 0.15) is 37.5 Å². The molecule has 2 N–H and O–H groups in total. The number of ether oxygens (including phenoxy) is 1. The van der Waals surface area contributed by atoms with Gasteiger partial charge in [-0.3, -0.25) is 15.1 Å². The monoisotopic (exact) mass is 418 g/mol. The molecule has 2 aliphatic heterocycles. The summed E-state index contributed by atoms with van der Waals surface area (Å²) in [4.78, 5) is 31.7. The van der Waals surface area contributed by atoms with Gasteiger partial charge in [-0.1, -0.05) is 29.5 Å². The van der Waals surface area contributed by atoms with Crippen LogP contribution in [0.5, 0.6) is 0 Å². The Morgan fingerprint density at radius 3 is 2.24 bits per heavy atom. The maximum absolute atomic E-state index is 12.9. The molecule has 7 nitrogen and oxygen atoms in total. The molecule has 4 unspecified atom stereocenters. The maximum Gasteiger partial charge on any atom is 0.323 e. The van der Waals surface area contributed by atoms with E-state index in [9.17, 15) is 9.59 Å². The topological polar surface area (TPSA) is 83.0 Å². The third-order valence-electron chi connectivity index (χ3n) is 5.10. The quantitative estimate of drug-likeness (QED) is 0.772. The number of aryl methyl sites for hydroxylation is 3. The Morgan fingerprint density at radius 2 is 1.66 bits per heavy atom. The van der Waals surface area contributed by atoms with Gasteiger partial charge in [0.05, 0.1) is 18.2 Å². The van der Waals surface area contributed by atoms with Crippen LogP contribution in [0.2, 0.25) is 0 Å². The van der Waals surface area contributed by atoms with E-state index in [1.54, 1.807) is 4.90 Å². The third-order valence-corrected chi connectivity index (χ3v) is 6.39. The number of morpholine rings is 1. The Hall–Kier alpha value is -2.06. The standard InChI is InChI=1S/C21H30N4O3S/c1-11-7-12(2)17(13(3)8-11)23-19(26)18-16(6)22-20(29-18)24-21(27)25-9-14(4)28-15(5)10-25/h7-8,14-16,18H,9-10H2,1-6H3,(H,23,26)(H,22,24,27). The van der Waals surface area contributed by atoms with E-state index in [-0.39, 0.29) is 35.4 Å². The summed E-state index contributed by atoms with van der Waals surface area (Å²) in [6.07, 6.45) is 0.00205. The number of hydrogen-bond donors (Lipinski definition) is 2. The summed E-state index contributed by atoms with van der Waals surface area (Å²) in [6, 6.07) is 3.70. The SMILES string of the molecule is Cc1cc(C)c(NC(=O)C2SC(NC(=O)N3CC(C)OC(C)C3)=NC2C)c(C)c1. The van der Waals surface area contributed by atoms with Crippen LogP contribution in [0.25, 0.3) is 0 Å². The number of urea groups is 1. The first kappa shape index (κ1) is 21.6. The van der Waals surface area contributed by atoms with Crippen molar-refractivity contribution in [1.82, 2.24) is 10.2 Å². The molecule has 0 radical (unpaired) electrons. The van der Waals surface area contributed by atoms with Crippen molar-refractivity contribution >= 4 is 34.6 Å². The number of amidine groups is 1. The number of carbonyl (C=O) groups is 2. The number of hydrogen-bond acceptors (Lipinski definition) is 5. The molecule has 2 heterocycles. The molecule has 1 aromatic rings. The summed E-state index contributed by atoms with van der Waals surface area (Å²) >= 11 is 1.30. The van der Waals surface area contributed by atoms with E-state index < -0.39 is 0 Å². The third kappa shape index (κ3) is 5.11. The average Bonchev–Trinajstić information content (AvgIpc) is 2.97. The minimum atomic E-state index is -0.382. The van der Waals surface area contributed by atoms with E-state index in [0.29, 0.717) is 18.3 Å². The highest BCUT2D eigenvalue weighted by molar-refractivity contribution is 8.15. The van der Waals surface area contributed by atoms with Gasteiger partial charge in [-0.2, -0.15) is 0 Å². The average molecular weight is 419 g/mol. The summed E-state index contributed by atoms with van der Waals surface area (Å²) in [5.74, 6) is -0.0980. The van der Waals surface area contributed by atoms with Crippen molar-refractivity contribution in [2.45, 2.75) is 65.0 Å². The van der Waals surface area contributed by atoms with Gasteiger partial charge in [0.15, 0.2) is 5.17 Å². The molecule has 3 amide bonds. The van der Waals surface area contributed by atoms with E-state index in [1.165, 1.54) is 17.3 Å². The van der Waals surface area contributed by atoms with Crippen LogP contribution in [-0.2, 0) is 9.53 Å². The lowest BCUT2D eigenvalue weighted by molar-refractivity contribution is -0.115. The van der Waals surface area contributed by atoms with E-state index in [2.05, 4.69) is 27.8 Å². The number of thioether (sulfide) groups is 1. The maximum atomic E-state index is 12.9. The molecule has 29 heavy (non-hydrogen) atoms. The molecule has 0 bridgehead atoms. The normalized spacial score (nSPS) is 26.8. The first-order chi connectivity index (χ1) is 13.6. The number of benzene rings is 1. The van der Waals surface area contributed by atoms with E-state index >= 15 is 0 Å². The molecule has 0 aromatic heterocycles. The van der Waals surface area contributed by atoms with Crippen molar-refractivity contribution in [3.63, 3.8) is 0 Å². The van der Waals surface area contributed by atoms with Gasteiger partial charge >= 0.3 is 6.03 Å². The van der Waals surface area contributed by atoms with Crippen LogP contribution in [0, 0.1) is 20.8 Å². The van der Waals surface area contributed by atoms with Crippen LogP contribution in [-0.4, -0.2) is 58.6 Å². The highest BCUT2D eigenvalue weighted by Gasteiger charge is 2.35. The molecule has 158 valence electrons. The number of anilines is 1. The molecule has 3 rings (SSSR count). The molecule has 1 fully saturated rings. The second kappa shape index (κ2) is 8.75. The van der Waals surface area contributed by atoms with Crippen molar-refractivity contribution in [3.8, 4) is 0 Å². The Bertz CT molecular complexity index is 808. The molecular weight excluding hydrogens is 388 g/mol. The van der Waals surface area contributed by atoms with Gasteiger partial charge < -0.3 is 15.0 Å². The summed E-state index contributed by atoms with van der Waals surface area (Å²) < 4.78 is 5.68. The second-order valence-corrected chi connectivity index (χ2v) is 9.20. The number of nitrogens with one attached hydrogen (secondary N) is 2. The smallest absolute Gasteiger partial charge is 0.323 e. The molecular formula is C21H30N4O3S. The van der Waals surface area contributed by atoms with Gasteiger partial charge in [-0.15, -0.1) is 0 Å². The van der Waals surface area contributed by atoms with E-state index in [0.717, 1.165) is 16.8 Å². The lowest BCUT2D eigenvalue weighted by Crippen LogP contribution is -2.52. The molecule has 1 saturated heterocycles. The summed E-state index contributed by atoms with van der Waals surface area (Å²) in [6.45, 7) is 12.9. The number of amides is 3. The number of aliphatic imine (C=N–C) groups is 1. The van der Waals surface area contributed by atoms with Gasteiger partial charge in [0.2, 0.25) is 5.91 Å². The highest BCUT2D eigenvalue weighted by atomic mass is 32.2. The summed E-state index contributed by atoms with van der Waals surface area (Å²) in [5, 5.41) is 6.03. The minimum absolute atomic E-state index is 0.00103. The lowest BCUT2D eigenvalue weighted by atomic mass is 10.0. The number of carbonyl (C=O) groups excluding carboxylic acids is 2. The molecule has 2 aliphatic rings. The van der Waals surface area contributed by atoms with Gasteiger partial charge in [-0.25, -0.2) is 4.79 Å².